The summed E-state index contributed by atoms with van der Waals surface area (Å²) >= 11 is 5.28. The fraction of sp³-hybridized carbons (Fsp3) is 0.385. The first-order chi connectivity index (χ1) is 9.06. The average Bonchev–Trinajstić information content (AvgIpc) is 2.34. The average molecular weight is 275 g/mol. The third-order valence-corrected chi connectivity index (χ3v) is 2.95. The number of nitrogens with zero attached hydrogens (tertiary/aromatic N) is 4. The van der Waals surface area contributed by atoms with E-state index in [0.29, 0.717) is 17.3 Å². The van der Waals surface area contributed by atoms with E-state index in [1.165, 1.54) is 0 Å². The molecule has 0 saturated carbocycles. The molecule has 0 atom stereocenters. The van der Waals surface area contributed by atoms with Gasteiger partial charge in [-0.15, -0.1) is 0 Å². The van der Waals surface area contributed by atoms with E-state index in [1.54, 1.807) is 12.5 Å². The van der Waals surface area contributed by atoms with E-state index in [2.05, 4.69) is 20.3 Å². The molecule has 2 aromatic rings. The maximum absolute atomic E-state index is 5.28. The van der Waals surface area contributed by atoms with Crippen LogP contribution in [0, 0.1) is 11.7 Å². The lowest BCUT2D eigenvalue weighted by molar-refractivity contribution is 0.701. The van der Waals surface area contributed by atoms with Crippen molar-refractivity contribution in [2.24, 2.45) is 0 Å². The normalized spacial score (nSPS) is 10.7. The SMILES string of the molecule is Cc1cccnc1Cn1cnc(NC(C)C)nc1=S. The first kappa shape index (κ1) is 13.6. The summed E-state index contributed by atoms with van der Waals surface area (Å²) in [7, 11) is 0. The van der Waals surface area contributed by atoms with Crippen LogP contribution >= 0.6 is 12.2 Å². The fourth-order valence-electron chi connectivity index (χ4n) is 1.64. The minimum absolute atomic E-state index is 0.281. The summed E-state index contributed by atoms with van der Waals surface area (Å²) in [5.74, 6) is 0.564. The van der Waals surface area contributed by atoms with Crippen molar-refractivity contribution >= 4 is 18.2 Å². The second kappa shape index (κ2) is 5.88. The lowest BCUT2D eigenvalue weighted by atomic mass is 10.2. The molecule has 0 saturated heterocycles. The van der Waals surface area contributed by atoms with Gasteiger partial charge < -0.3 is 9.88 Å². The number of hydrogen-bond donors (Lipinski definition) is 1. The number of hydrogen-bond acceptors (Lipinski definition) is 5. The van der Waals surface area contributed by atoms with Crippen molar-refractivity contribution in [1.82, 2.24) is 19.5 Å². The number of aryl methyl sites for hydroxylation is 1. The smallest absolute Gasteiger partial charge is 0.227 e. The predicted molar refractivity (Wildman–Crippen MR) is 77.7 cm³/mol. The zero-order chi connectivity index (χ0) is 13.8. The van der Waals surface area contributed by atoms with E-state index in [1.807, 2.05) is 37.5 Å². The van der Waals surface area contributed by atoms with E-state index in [9.17, 15) is 0 Å². The molecule has 0 aliphatic carbocycles. The Balaban J connectivity index is 2.23. The Labute approximate surface area is 117 Å². The maximum atomic E-state index is 5.28. The molecule has 0 amide bonds. The summed E-state index contributed by atoms with van der Waals surface area (Å²) in [5.41, 5.74) is 2.11. The lowest BCUT2D eigenvalue weighted by Gasteiger charge is -2.10. The van der Waals surface area contributed by atoms with Gasteiger partial charge in [0, 0.05) is 12.2 Å². The summed E-state index contributed by atoms with van der Waals surface area (Å²) in [6.45, 7) is 6.68. The maximum Gasteiger partial charge on any atom is 0.227 e. The van der Waals surface area contributed by atoms with Gasteiger partial charge in [0.1, 0.15) is 6.33 Å². The van der Waals surface area contributed by atoms with Gasteiger partial charge in [-0.05, 0) is 44.6 Å². The monoisotopic (exact) mass is 275 g/mol. The summed E-state index contributed by atoms with van der Waals surface area (Å²) in [4.78, 5) is 12.9. The molecule has 6 heteroatoms. The van der Waals surface area contributed by atoms with Gasteiger partial charge in [0.25, 0.3) is 0 Å². The standard InChI is InChI=1S/C13H17N5S/c1-9(2)16-12-15-8-18(13(19)17-12)7-11-10(3)5-4-6-14-11/h4-6,8-9H,7H2,1-3H3,(H,16,17,19). The van der Waals surface area contributed by atoms with Crippen LogP contribution in [0.5, 0.6) is 0 Å². The molecule has 0 fully saturated rings. The Morgan fingerprint density at radius 3 is 2.79 bits per heavy atom. The van der Waals surface area contributed by atoms with Crippen molar-refractivity contribution in [3.8, 4) is 0 Å². The molecule has 2 heterocycles. The Morgan fingerprint density at radius 2 is 2.16 bits per heavy atom. The molecule has 0 spiro atoms. The third-order valence-electron chi connectivity index (χ3n) is 2.62. The number of anilines is 1. The lowest BCUT2D eigenvalue weighted by Crippen LogP contribution is -2.15. The Morgan fingerprint density at radius 1 is 1.37 bits per heavy atom. The van der Waals surface area contributed by atoms with Crippen molar-refractivity contribution in [3.63, 3.8) is 0 Å². The van der Waals surface area contributed by atoms with Gasteiger partial charge in [-0.3, -0.25) is 4.98 Å². The molecule has 0 aliphatic heterocycles. The second-order valence-electron chi connectivity index (χ2n) is 4.66. The van der Waals surface area contributed by atoms with Gasteiger partial charge in [0.05, 0.1) is 12.2 Å². The minimum Gasteiger partial charge on any atom is -0.352 e. The van der Waals surface area contributed by atoms with Gasteiger partial charge in [-0.25, -0.2) is 4.98 Å². The van der Waals surface area contributed by atoms with Crippen LogP contribution in [0.4, 0.5) is 5.95 Å². The summed E-state index contributed by atoms with van der Waals surface area (Å²) in [6.07, 6.45) is 3.48. The molecule has 2 aromatic heterocycles. The van der Waals surface area contributed by atoms with E-state index in [4.69, 9.17) is 12.2 Å². The van der Waals surface area contributed by atoms with Crippen LogP contribution in [-0.4, -0.2) is 25.6 Å². The molecule has 2 rings (SSSR count). The molecule has 0 radical (unpaired) electrons. The van der Waals surface area contributed by atoms with E-state index in [-0.39, 0.29) is 6.04 Å². The third kappa shape index (κ3) is 3.57. The van der Waals surface area contributed by atoms with Gasteiger partial charge >= 0.3 is 0 Å². The minimum atomic E-state index is 0.281. The molecule has 19 heavy (non-hydrogen) atoms. The Kier molecular flexibility index (Phi) is 4.21. The summed E-state index contributed by atoms with van der Waals surface area (Å²) in [6, 6.07) is 4.23. The first-order valence-electron chi connectivity index (χ1n) is 6.17. The summed E-state index contributed by atoms with van der Waals surface area (Å²) < 4.78 is 2.32. The topological polar surface area (TPSA) is 55.6 Å². The molecule has 0 aliphatic rings. The van der Waals surface area contributed by atoms with Crippen LogP contribution in [0.25, 0.3) is 0 Å². The zero-order valence-electron chi connectivity index (χ0n) is 11.3. The van der Waals surface area contributed by atoms with Gasteiger partial charge in [-0.1, -0.05) is 6.07 Å². The molecule has 100 valence electrons. The highest BCUT2D eigenvalue weighted by Gasteiger charge is 2.04. The van der Waals surface area contributed by atoms with Crippen LogP contribution in [0.2, 0.25) is 0 Å². The first-order valence-corrected chi connectivity index (χ1v) is 6.57. The highest BCUT2D eigenvalue weighted by atomic mass is 32.1. The van der Waals surface area contributed by atoms with Crippen molar-refractivity contribution in [2.45, 2.75) is 33.4 Å². The van der Waals surface area contributed by atoms with Gasteiger partial charge in [0.15, 0.2) is 0 Å². The number of pyridine rings is 1. The van der Waals surface area contributed by atoms with Crippen molar-refractivity contribution in [1.29, 1.82) is 0 Å². The van der Waals surface area contributed by atoms with E-state index >= 15 is 0 Å². The molecule has 0 unspecified atom stereocenters. The molecule has 0 bridgehead atoms. The molecule has 1 N–H and O–H groups in total. The zero-order valence-corrected chi connectivity index (χ0v) is 12.1. The molecule has 5 nitrogen and oxygen atoms in total. The van der Waals surface area contributed by atoms with Crippen LogP contribution in [0.15, 0.2) is 24.7 Å². The largest absolute Gasteiger partial charge is 0.352 e. The van der Waals surface area contributed by atoms with Crippen molar-refractivity contribution in [2.75, 3.05) is 5.32 Å². The van der Waals surface area contributed by atoms with Crippen LogP contribution in [0.1, 0.15) is 25.1 Å². The van der Waals surface area contributed by atoms with Crippen molar-refractivity contribution in [3.05, 3.63) is 40.7 Å². The van der Waals surface area contributed by atoms with Crippen LogP contribution in [0.3, 0.4) is 0 Å². The van der Waals surface area contributed by atoms with Gasteiger partial charge in [-0.2, -0.15) is 4.98 Å². The van der Waals surface area contributed by atoms with E-state index in [0.717, 1.165) is 11.3 Å². The second-order valence-corrected chi connectivity index (χ2v) is 5.02. The number of rotatable bonds is 4. The molecular weight excluding hydrogens is 258 g/mol. The molecular formula is C13H17N5S. The quantitative estimate of drug-likeness (QED) is 0.869. The fourth-order valence-corrected chi connectivity index (χ4v) is 1.84. The van der Waals surface area contributed by atoms with Crippen molar-refractivity contribution < 1.29 is 0 Å². The number of nitrogens with one attached hydrogen (secondary N) is 1. The van der Waals surface area contributed by atoms with Gasteiger partial charge in [0.2, 0.25) is 10.7 Å². The Hall–Kier alpha value is -1.82. The van der Waals surface area contributed by atoms with Crippen LogP contribution in [-0.2, 0) is 6.54 Å². The van der Waals surface area contributed by atoms with Crippen LogP contribution < -0.4 is 5.32 Å². The highest BCUT2D eigenvalue weighted by molar-refractivity contribution is 7.71. The predicted octanol–water partition coefficient (Wildman–Crippen LogP) is 2.58. The Bertz CT molecular complexity index is 620. The molecule has 0 aromatic carbocycles. The number of aromatic nitrogens is 4. The summed E-state index contributed by atoms with van der Waals surface area (Å²) in [5, 5.41) is 3.13. The highest BCUT2D eigenvalue weighted by Crippen LogP contribution is 2.07. The van der Waals surface area contributed by atoms with E-state index < -0.39 is 0 Å².